The monoisotopic (exact) mass is 539 g/mol. The first kappa shape index (κ1) is 25.3. The topological polar surface area (TPSA) is 113 Å². The number of hydrogen-bond acceptors (Lipinski definition) is 10. The third-order valence-corrected chi connectivity index (χ3v) is 7.21. The smallest absolute Gasteiger partial charge is 0.230 e. The normalized spacial score (nSPS) is 20.1. The predicted molar refractivity (Wildman–Crippen MR) is 143 cm³/mol. The van der Waals surface area contributed by atoms with Gasteiger partial charge in [0.1, 0.15) is 23.4 Å². The molecule has 0 amide bonds. The number of anilines is 3. The highest BCUT2D eigenvalue weighted by Crippen LogP contribution is 2.27. The predicted octanol–water partition coefficient (Wildman–Crippen LogP) is 2.05. The molecule has 0 bridgehead atoms. The van der Waals surface area contributed by atoms with Crippen molar-refractivity contribution in [2.75, 3.05) is 74.9 Å². The summed E-state index contributed by atoms with van der Waals surface area (Å²) in [4.78, 5) is 15.4. The Hall–Kier alpha value is -3.97. The average molecular weight is 540 g/mol. The third kappa shape index (κ3) is 5.32. The Morgan fingerprint density at radius 3 is 2.72 bits per heavy atom. The molecule has 0 radical (unpaired) electrons. The van der Waals surface area contributed by atoms with Gasteiger partial charge < -0.3 is 30.0 Å². The summed E-state index contributed by atoms with van der Waals surface area (Å²) in [5.41, 5.74) is 7.92. The number of halogens is 2. The van der Waals surface area contributed by atoms with Crippen molar-refractivity contribution in [1.29, 1.82) is 0 Å². The molecule has 0 aliphatic carbocycles. The first-order valence-corrected chi connectivity index (χ1v) is 13.0. The third-order valence-electron chi connectivity index (χ3n) is 7.21. The van der Waals surface area contributed by atoms with Crippen LogP contribution in [0, 0.1) is 5.82 Å². The molecule has 13 heteroatoms. The minimum Gasteiger partial charge on any atom is -0.486 e. The molecule has 11 nitrogen and oxygen atoms in total. The SMILES string of the molecule is CN(CCN1CCN(c2ccc(O[C@H]3CNC[C@H]3F)cc2F)CC1)c1nc(N)n2nc(-c3ccco3)cc2n1. The number of likely N-dealkylation sites (N-methyl/N-ethyl adjacent to an activating group) is 1. The zero-order chi connectivity index (χ0) is 26.9. The van der Waals surface area contributed by atoms with Gasteiger partial charge in [-0.1, -0.05) is 0 Å². The molecule has 206 valence electrons. The van der Waals surface area contributed by atoms with E-state index >= 15 is 0 Å². The first-order chi connectivity index (χ1) is 18.9. The Morgan fingerprint density at radius 2 is 2.00 bits per heavy atom. The summed E-state index contributed by atoms with van der Waals surface area (Å²) < 4.78 is 41.2. The number of nitrogen functional groups attached to an aromatic ring is 1. The highest BCUT2D eigenvalue weighted by Gasteiger charge is 2.29. The summed E-state index contributed by atoms with van der Waals surface area (Å²) in [6, 6.07) is 10.2. The van der Waals surface area contributed by atoms with Gasteiger partial charge in [-0.25, -0.2) is 8.78 Å². The van der Waals surface area contributed by atoms with Crippen molar-refractivity contribution in [2.24, 2.45) is 0 Å². The van der Waals surface area contributed by atoms with E-state index in [2.05, 4.69) is 25.3 Å². The lowest BCUT2D eigenvalue weighted by Crippen LogP contribution is -2.48. The number of aromatic nitrogens is 4. The standard InChI is InChI=1S/C26H31F2N9O2/c1-34(26-31-24-14-20(22-3-2-12-38-22)33-37(24)25(29)32-26)6-7-35-8-10-36(11-9-35)21-5-4-17(13-18(21)27)39-23-16-30-15-19(23)28/h2-5,12-14,19,23,30H,6-11,15-16H2,1H3,(H2,29,31,32)/t19-,23+/m1/s1. The van der Waals surface area contributed by atoms with Crippen LogP contribution in [-0.4, -0.2) is 96.2 Å². The molecule has 0 saturated carbocycles. The number of hydrogen-bond donors (Lipinski definition) is 2. The van der Waals surface area contributed by atoms with E-state index in [1.807, 2.05) is 29.0 Å². The van der Waals surface area contributed by atoms with Gasteiger partial charge in [0.2, 0.25) is 11.9 Å². The Kier molecular flexibility index (Phi) is 6.92. The zero-order valence-corrected chi connectivity index (χ0v) is 21.6. The maximum absolute atomic E-state index is 14.9. The molecule has 4 aromatic rings. The van der Waals surface area contributed by atoms with Crippen LogP contribution in [0.15, 0.2) is 47.1 Å². The molecule has 6 rings (SSSR count). The maximum Gasteiger partial charge on any atom is 0.230 e. The molecule has 2 aliphatic heterocycles. The van der Waals surface area contributed by atoms with E-state index in [9.17, 15) is 8.78 Å². The van der Waals surface area contributed by atoms with Gasteiger partial charge in [-0.05, 0) is 24.3 Å². The Morgan fingerprint density at radius 1 is 1.15 bits per heavy atom. The first-order valence-electron chi connectivity index (χ1n) is 13.0. The van der Waals surface area contributed by atoms with E-state index in [0.717, 1.165) is 19.6 Å². The van der Waals surface area contributed by atoms with Crippen molar-refractivity contribution >= 4 is 23.2 Å². The quantitative estimate of drug-likeness (QED) is 0.345. The molecular formula is C26H31F2N9O2. The van der Waals surface area contributed by atoms with Crippen LogP contribution in [-0.2, 0) is 0 Å². The summed E-state index contributed by atoms with van der Waals surface area (Å²) in [7, 11) is 1.93. The molecule has 39 heavy (non-hydrogen) atoms. The molecular weight excluding hydrogens is 508 g/mol. The minimum absolute atomic E-state index is 0.246. The molecule has 2 atom stereocenters. The number of furan rings is 1. The maximum atomic E-state index is 14.9. The van der Waals surface area contributed by atoms with Gasteiger partial charge in [0, 0.05) is 71.5 Å². The number of ether oxygens (including phenoxy) is 1. The number of piperazine rings is 1. The fourth-order valence-electron chi connectivity index (χ4n) is 4.95. The number of nitrogens with one attached hydrogen (secondary N) is 1. The van der Waals surface area contributed by atoms with Gasteiger partial charge in [0.25, 0.3) is 0 Å². The molecule has 2 saturated heterocycles. The van der Waals surface area contributed by atoms with Crippen LogP contribution < -0.4 is 25.6 Å². The zero-order valence-electron chi connectivity index (χ0n) is 21.6. The largest absolute Gasteiger partial charge is 0.486 e. The molecule has 1 aromatic carbocycles. The van der Waals surface area contributed by atoms with Crippen molar-refractivity contribution in [2.45, 2.75) is 12.3 Å². The van der Waals surface area contributed by atoms with E-state index in [1.54, 1.807) is 24.5 Å². The second-order valence-corrected chi connectivity index (χ2v) is 9.85. The van der Waals surface area contributed by atoms with Crippen molar-refractivity contribution in [1.82, 2.24) is 29.8 Å². The van der Waals surface area contributed by atoms with Gasteiger partial charge in [0.05, 0.1) is 12.0 Å². The number of benzene rings is 1. The van der Waals surface area contributed by atoms with E-state index in [1.165, 1.54) is 10.6 Å². The molecule has 5 heterocycles. The van der Waals surface area contributed by atoms with Gasteiger partial charge in [-0.15, -0.1) is 0 Å². The Balaban J connectivity index is 1.02. The van der Waals surface area contributed by atoms with Crippen molar-refractivity contribution in [3.63, 3.8) is 0 Å². The van der Waals surface area contributed by atoms with Gasteiger partial charge in [0.15, 0.2) is 17.6 Å². The second kappa shape index (κ2) is 10.7. The van der Waals surface area contributed by atoms with E-state index in [4.69, 9.17) is 14.9 Å². The van der Waals surface area contributed by atoms with Gasteiger partial charge >= 0.3 is 0 Å². The number of nitrogens with zero attached hydrogens (tertiary/aromatic N) is 7. The van der Waals surface area contributed by atoms with Crippen LogP contribution >= 0.6 is 0 Å². The molecule has 0 unspecified atom stereocenters. The summed E-state index contributed by atoms with van der Waals surface area (Å²) in [5, 5.41) is 7.37. The van der Waals surface area contributed by atoms with E-state index in [-0.39, 0.29) is 18.3 Å². The summed E-state index contributed by atoms with van der Waals surface area (Å²) >= 11 is 0. The van der Waals surface area contributed by atoms with Gasteiger partial charge in [-0.2, -0.15) is 19.6 Å². The van der Waals surface area contributed by atoms with Gasteiger partial charge in [-0.3, -0.25) is 4.90 Å². The van der Waals surface area contributed by atoms with Crippen LogP contribution in [0.25, 0.3) is 17.1 Å². The molecule has 3 aromatic heterocycles. The van der Waals surface area contributed by atoms with Crippen LogP contribution in [0.3, 0.4) is 0 Å². The van der Waals surface area contributed by atoms with Crippen molar-refractivity contribution < 1.29 is 17.9 Å². The van der Waals surface area contributed by atoms with E-state index < -0.39 is 12.3 Å². The van der Waals surface area contributed by atoms with Crippen LogP contribution in [0.5, 0.6) is 5.75 Å². The van der Waals surface area contributed by atoms with Crippen LogP contribution in [0.4, 0.5) is 26.4 Å². The van der Waals surface area contributed by atoms with Crippen LogP contribution in [0.1, 0.15) is 0 Å². The molecule has 2 fully saturated rings. The summed E-state index contributed by atoms with van der Waals surface area (Å²) in [5.74, 6) is 1.39. The number of alkyl halides is 1. The lowest BCUT2D eigenvalue weighted by atomic mass is 10.2. The highest BCUT2D eigenvalue weighted by atomic mass is 19.1. The minimum atomic E-state index is -1.09. The van der Waals surface area contributed by atoms with Crippen molar-refractivity contribution in [3.05, 3.63) is 48.5 Å². The Bertz CT molecular complexity index is 1420. The fourth-order valence-corrected chi connectivity index (χ4v) is 4.95. The van der Waals surface area contributed by atoms with Crippen molar-refractivity contribution in [3.8, 4) is 17.2 Å². The lowest BCUT2D eigenvalue weighted by molar-refractivity contribution is 0.139. The molecule has 0 spiro atoms. The number of rotatable bonds is 8. The summed E-state index contributed by atoms with van der Waals surface area (Å²) in [6.45, 7) is 5.15. The fraction of sp³-hybridized carbons (Fsp3) is 0.423. The number of fused-ring (bicyclic) bond motifs is 1. The van der Waals surface area contributed by atoms with Crippen LogP contribution in [0.2, 0.25) is 0 Å². The second-order valence-electron chi connectivity index (χ2n) is 9.85. The Labute approximate surface area is 224 Å². The average Bonchev–Trinajstić information content (AvgIpc) is 3.70. The van der Waals surface area contributed by atoms with E-state index in [0.29, 0.717) is 60.7 Å². The molecule has 2 aliphatic rings. The highest BCUT2D eigenvalue weighted by molar-refractivity contribution is 5.61. The summed E-state index contributed by atoms with van der Waals surface area (Å²) in [6.07, 6.45) is -0.0779. The molecule has 3 N–H and O–H groups in total. The lowest BCUT2D eigenvalue weighted by Gasteiger charge is -2.36. The number of nitrogens with two attached hydrogens (primary N) is 1.